The molecule has 3 rings (SSSR count). The van der Waals surface area contributed by atoms with Gasteiger partial charge in [-0.2, -0.15) is 0 Å². The molecule has 6 heteroatoms. The summed E-state index contributed by atoms with van der Waals surface area (Å²) in [4.78, 5) is 8.88. The van der Waals surface area contributed by atoms with Crippen LogP contribution in [0.1, 0.15) is 16.7 Å². The maximum Gasteiger partial charge on any atom is 0.161 e. The highest BCUT2D eigenvalue weighted by Crippen LogP contribution is 2.26. The van der Waals surface area contributed by atoms with Crippen molar-refractivity contribution < 1.29 is 4.39 Å². The van der Waals surface area contributed by atoms with Gasteiger partial charge in [0.1, 0.15) is 11.6 Å². The molecule has 0 radical (unpaired) electrons. The van der Waals surface area contributed by atoms with E-state index in [9.17, 15) is 4.39 Å². The van der Waals surface area contributed by atoms with Crippen molar-refractivity contribution in [2.45, 2.75) is 13.8 Å². The number of halogens is 1. The van der Waals surface area contributed by atoms with Gasteiger partial charge in [-0.25, -0.2) is 14.4 Å². The average molecular weight is 335 g/mol. The summed E-state index contributed by atoms with van der Waals surface area (Å²) in [6.07, 6.45) is 2.78. The van der Waals surface area contributed by atoms with E-state index in [1.807, 2.05) is 38.1 Å². The van der Waals surface area contributed by atoms with Crippen LogP contribution >= 0.6 is 0 Å². The molecule has 25 heavy (non-hydrogen) atoms. The summed E-state index contributed by atoms with van der Waals surface area (Å²) in [6, 6.07) is 10.5. The molecule has 126 valence electrons. The minimum atomic E-state index is -0.502. The number of benzene rings is 2. The van der Waals surface area contributed by atoms with E-state index in [1.165, 1.54) is 12.1 Å². The summed E-state index contributed by atoms with van der Waals surface area (Å²) in [6.45, 7) is 3.84. The van der Waals surface area contributed by atoms with Crippen molar-refractivity contribution in [1.82, 2.24) is 9.97 Å². The van der Waals surface area contributed by atoms with Crippen molar-refractivity contribution in [3.05, 3.63) is 65.1 Å². The van der Waals surface area contributed by atoms with Crippen LogP contribution in [0, 0.1) is 25.1 Å². The zero-order valence-electron chi connectivity index (χ0n) is 14.0. The van der Waals surface area contributed by atoms with Gasteiger partial charge in [-0.15, -0.1) is 0 Å². The molecule has 5 nitrogen and oxygen atoms in total. The van der Waals surface area contributed by atoms with Gasteiger partial charge in [-0.3, -0.25) is 0 Å². The molecule has 0 unspecified atom stereocenters. The number of hydrogen-bond acceptors (Lipinski definition) is 5. The Balaban J connectivity index is 2.01. The summed E-state index contributed by atoms with van der Waals surface area (Å²) < 4.78 is 14.2. The Labute approximate surface area is 145 Å². The highest BCUT2D eigenvalue weighted by Gasteiger charge is 2.11. The Bertz CT molecular complexity index is 953. The second kappa shape index (κ2) is 6.68. The first-order valence-electron chi connectivity index (χ1n) is 7.75. The van der Waals surface area contributed by atoms with Gasteiger partial charge in [0.05, 0.1) is 5.69 Å². The lowest BCUT2D eigenvalue weighted by Gasteiger charge is -2.12. The largest absolute Gasteiger partial charge is 0.398 e. The van der Waals surface area contributed by atoms with Crippen LogP contribution in [0.5, 0.6) is 0 Å². The molecule has 0 bridgehead atoms. The highest BCUT2D eigenvalue weighted by molar-refractivity contribution is 5.87. The average Bonchev–Trinajstić information content (AvgIpc) is 2.59. The molecule has 0 aliphatic rings. The van der Waals surface area contributed by atoms with E-state index in [1.54, 1.807) is 6.20 Å². The first-order chi connectivity index (χ1) is 12.0. The zero-order chi connectivity index (χ0) is 18.0. The Kier molecular flexibility index (Phi) is 4.43. The number of rotatable bonds is 4. The number of nitrogens with two attached hydrogens (primary N) is 1. The van der Waals surface area contributed by atoms with Gasteiger partial charge < -0.3 is 16.5 Å². The molecule has 0 atom stereocenters. The third kappa shape index (κ3) is 3.47. The monoisotopic (exact) mass is 335 g/mol. The maximum absolute atomic E-state index is 14.2. The van der Waals surface area contributed by atoms with E-state index in [4.69, 9.17) is 11.1 Å². The summed E-state index contributed by atoms with van der Waals surface area (Å²) in [5.41, 5.74) is 9.35. The molecule has 0 fully saturated rings. The first kappa shape index (κ1) is 16.6. The van der Waals surface area contributed by atoms with Crippen LogP contribution in [0.3, 0.4) is 0 Å². The van der Waals surface area contributed by atoms with Gasteiger partial charge in [0.15, 0.2) is 5.82 Å². The highest BCUT2D eigenvalue weighted by atomic mass is 19.1. The molecule has 2 aromatic carbocycles. The van der Waals surface area contributed by atoms with Gasteiger partial charge in [0.2, 0.25) is 0 Å². The summed E-state index contributed by atoms with van der Waals surface area (Å²) in [5.74, 6) is 0.559. The number of aryl methyl sites for hydroxylation is 2. The van der Waals surface area contributed by atoms with E-state index in [0.717, 1.165) is 22.9 Å². The van der Waals surface area contributed by atoms with Crippen LogP contribution in [0.4, 0.5) is 21.6 Å². The third-order valence-corrected chi connectivity index (χ3v) is 3.83. The Morgan fingerprint density at radius 2 is 2.00 bits per heavy atom. The van der Waals surface area contributed by atoms with Crippen LogP contribution in [0.15, 0.2) is 42.6 Å². The lowest BCUT2D eigenvalue weighted by Crippen LogP contribution is -2.04. The first-order valence-corrected chi connectivity index (χ1v) is 7.75. The van der Waals surface area contributed by atoms with Gasteiger partial charge in [-0.05, 0) is 32.0 Å². The van der Waals surface area contributed by atoms with E-state index >= 15 is 0 Å². The fourth-order valence-electron chi connectivity index (χ4n) is 2.45. The van der Waals surface area contributed by atoms with E-state index in [-0.39, 0.29) is 11.4 Å². The van der Waals surface area contributed by atoms with E-state index < -0.39 is 5.82 Å². The molecular formula is C19H18FN5. The molecule has 0 aliphatic heterocycles. The van der Waals surface area contributed by atoms with Gasteiger partial charge in [0, 0.05) is 34.8 Å². The lowest BCUT2D eigenvalue weighted by atomic mass is 10.1. The number of anilines is 3. The van der Waals surface area contributed by atoms with Crippen LogP contribution in [0.25, 0.3) is 11.4 Å². The van der Waals surface area contributed by atoms with E-state index in [2.05, 4.69) is 15.3 Å². The topological polar surface area (TPSA) is 87.7 Å². The van der Waals surface area contributed by atoms with Crippen LogP contribution in [-0.2, 0) is 0 Å². The molecule has 0 saturated heterocycles. The quantitative estimate of drug-likeness (QED) is 0.492. The molecular weight excluding hydrogens is 317 g/mol. The summed E-state index contributed by atoms with van der Waals surface area (Å²) in [5, 5.41) is 10.3. The zero-order valence-corrected chi connectivity index (χ0v) is 14.0. The maximum atomic E-state index is 14.2. The predicted octanol–water partition coefficient (Wildman–Crippen LogP) is 4.22. The number of aromatic nitrogens is 2. The van der Waals surface area contributed by atoms with Crippen molar-refractivity contribution in [3.8, 4) is 11.4 Å². The molecule has 0 aliphatic carbocycles. The standard InChI is InChI=1S/C19H18FN5/c1-11-4-3-5-13(6-11)19-23-10-12(2)18(25-19)24-17-7-14(9-21)16(22)8-15(17)20/h3-10,21H,22H2,1-2H3,(H,23,24,25). The lowest BCUT2D eigenvalue weighted by molar-refractivity contribution is 0.632. The van der Waals surface area contributed by atoms with Crippen molar-refractivity contribution in [3.63, 3.8) is 0 Å². The fourth-order valence-corrected chi connectivity index (χ4v) is 2.45. The van der Waals surface area contributed by atoms with Crippen molar-refractivity contribution in [2.24, 2.45) is 0 Å². The van der Waals surface area contributed by atoms with Crippen molar-refractivity contribution in [1.29, 1.82) is 5.41 Å². The molecule has 0 saturated carbocycles. The molecule has 0 amide bonds. The van der Waals surface area contributed by atoms with Crippen LogP contribution < -0.4 is 11.1 Å². The van der Waals surface area contributed by atoms with Gasteiger partial charge in [-0.1, -0.05) is 23.8 Å². The molecule has 0 spiro atoms. The summed E-state index contributed by atoms with van der Waals surface area (Å²) >= 11 is 0. The third-order valence-electron chi connectivity index (χ3n) is 3.83. The second-order valence-corrected chi connectivity index (χ2v) is 5.83. The molecule has 3 aromatic rings. The second-order valence-electron chi connectivity index (χ2n) is 5.83. The van der Waals surface area contributed by atoms with E-state index in [0.29, 0.717) is 17.2 Å². The number of nitrogen functional groups attached to an aromatic ring is 1. The number of nitrogens with zero attached hydrogens (tertiary/aromatic N) is 2. The minimum Gasteiger partial charge on any atom is -0.398 e. The van der Waals surface area contributed by atoms with Gasteiger partial charge in [0.25, 0.3) is 0 Å². The fraction of sp³-hybridized carbons (Fsp3) is 0.105. The summed E-state index contributed by atoms with van der Waals surface area (Å²) in [7, 11) is 0. The Morgan fingerprint density at radius 3 is 2.72 bits per heavy atom. The minimum absolute atomic E-state index is 0.213. The molecule has 1 aromatic heterocycles. The number of nitrogens with one attached hydrogen (secondary N) is 2. The molecule has 4 N–H and O–H groups in total. The number of hydrogen-bond donors (Lipinski definition) is 3. The van der Waals surface area contributed by atoms with Crippen LogP contribution in [0.2, 0.25) is 0 Å². The Morgan fingerprint density at radius 1 is 1.20 bits per heavy atom. The predicted molar refractivity (Wildman–Crippen MR) is 98.9 cm³/mol. The SMILES string of the molecule is Cc1cccc(-c2ncc(C)c(Nc3cc(C=N)c(N)cc3F)n2)c1. The van der Waals surface area contributed by atoms with Gasteiger partial charge >= 0.3 is 0 Å². The van der Waals surface area contributed by atoms with Crippen molar-refractivity contribution in [2.75, 3.05) is 11.1 Å². The van der Waals surface area contributed by atoms with Crippen LogP contribution in [-0.4, -0.2) is 16.2 Å². The molecule has 1 heterocycles. The smallest absolute Gasteiger partial charge is 0.161 e. The normalized spacial score (nSPS) is 10.5. The van der Waals surface area contributed by atoms with Crippen molar-refractivity contribution >= 4 is 23.4 Å². The Hall–Kier alpha value is -3.28.